The number of hydrogen-bond acceptors (Lipinski definition) is 2. The Morgan fingerprint density at radius 1 is 1.10 bits per heavy atom. The monoisotopic (exact) mass is 347 g/mol. The highest BCUT2D eigenvalue weighted by Gasteiger charge is 2.14. The van der Waals surface area contributed by atoms with Crippen LogP contribution in [0.15, 0.2) is 59.2 Å². The van der Waals surface area contributed by atoms with Gasteiger partial charge in [-0.3, -0.25) is 4.98 Å². The largest absolute Gasteiger partial charge is 0.384 e. The minimum atomic E-state index is -0.703. The fourth-order valence-electron chi connectivity index (χ4n) is 2.17. The van der Waals surface area contributed by atoms with Crippen LogP contribution in [-0.4, -0.2) is 10.1 Å². The summed E-state index contributed by atoms with van der Waals surface area (Å²) in [6, 6.07) is 15.0. The summed E-state index contributed by atoms with van der Waals surface area (Å²) in [7, 11) is 0. The van der Waals surface area contributed by atoms with E-state index in [9.17, 15) is 5.11 Å². The molecule has 20 heavy (non-hydrogen) atoms. The summed E-state index contributed by atoms with van der Waals surface area (Å²) in [5, 5.41) is 12.2. The molecular formula is C16H11BrClNO. The van der Waals surface area contributed by atoms with Crippen LogP contribution < -0.4 is 0 Å². The Hall–Kier alpha value is -1.42. The predicted molar refractivity (Wildman–Crippen MR) is 85.0 cm³/mol. The molecule has 4 heteroatoms. The van der Waals surface area contributed by atoms with Crippen molar-refractivity contribution in [3.63, 3.8) is 0 Å². The number of rotatable bonds is 2. The lowest BCUT2D eigenvalue weighted by atomic mass is 10.00. The van der Waals surface area contributed by atoms with Gasteiger partial charge in [0.25, 0.3) is 0 Å². The third kappa shape index (κ3) is 2.57. The predicted octanol–water partition coefficient (Wildman–Crippen LogP) is 4.73. The summed E-state index contributed by atoms with van der Waals surface area (Å²) in [4.78, 5) is 4.28. The second kappa shape index (κ2) is 5.52. The van der Waals surface area contributed by atoms with Crippen molar-refractivity contribution in [2.45, 2.75) is 6.10 Å². The first-order valence-electron chi connectivity index (χ1n) is 6.13. The minimum Gasteiger partial charge on any atom is -0.384 e. The molecule has 0 aliphatic carbocycles. The van der Waals surface area contributed by atoms with E-state index in [4.69, 9.17) is 11.6 Å². The zero-order valence-corrected chi connectivity index (χ0v) is 12.8. The summed E-state index contributed by atoms with van der Waals surface area (Å²) >= 11 is 9.36. The lowest BCUT2D eigenvalue weighted by molar-refractivity contribution is 0.219. The van der Waals surface area contributed by atoms with Crippen molar-refractivity contribution < 1.29 is 5.11 Å². The Morgan fingerprint density at radius 2 is 1.95 bits per heavy atom. The van der Waals surface area contributed by atoms with Crippen molar-refractivity contribution in [2.75, 3.05) is 0 Å². The Bertz CT molecular complexity index is 775. The quantitative estimate of drug-likeness (QED) is 0.726. The first-order valence-corrected chi connectivity index (χ1v) is 7.30. The van der Waals surface area contributed by atoms with E-state index in [-0.39, 0.29) is 0 Å². The standard InChI is InChI=1S/C16H11BrClNO/c17-14-9-12(18)4-5-13(14)16(20)11-3-6-15-10(8-11)2-1-7-19-15/h1-9,16,20H. The SMILES string of the molecule is OC(c1ccc2ncccc2c1)c1ccc(Cl)cc1Br. The molecule has 1 aromatic heterocycles. The van der Waals surface area contributed by atoms with Crippen molar-refractivity contribution in [2.24, 2.45) is 0 Å². The molecule has 2 nitrogen and oxygen atoms in total. The summed E-state index contributed by atoms with van der Waals surface area (Å²) in [5.74, 6) is 0. The maximum Gasteiger partial charge on any atom is 0.105 e. The van der Waals surface area contributed by atoms with Crippen LogP contribution in [0.2, 0.25) is 5.02 Å². The lowest BCUT2D eigenvalue weighted by Gasteiger charge is -2.14. The number of hydrogen-bond donors (Lipinski definition) is 1. The van der Waals surface area contributed by atoms with Crippen LogP contribution in [-0.2, 0) is 0 Å². The van der Waals surface area contributed by atoms with Gasteiger partial charge in [0.2, 0.25) is 0 Å². The average Bonchev–Trinajstić information content (AvgIpc) is 2.46. The molecule has 0 bridgehead atoms. The van der Waals surface area contributed by atoms with E-state index >= 15 is 0 Å². The van der Waals surface area contributed by atoms with Gasteiger partial charge < -0.3 is 5.11 Å². The second-order valence-electron chi connectivity index (χ2n) is 4.52. The van der Waals surface area contributed by atoms with Crippen LogP contribution >= 0.6 is 27.5 Å². The van der Waals surface area contributed by atoms with E-state index in [1.54, 1.807) is 18.3 Å². The van der Waals surface area contributed by atoms with Gasteiger partial charge in [0.15, 0.2) is 0 Å². The van der Waals surface area contributed by atoms with E-state index in [0.717, 1.165) is 26.5 Å². The third-order valence-corrected chi connectivity index (χ3v) is 4.12. The summed E-state index contributed by atoms with van der Waals surface area (Å²) in [6.45, 7) is 0. The Labute approximate surface area is 130 Å². The molecule has 3 rings (SSSR count). The molecule has 1 unspecified atom stereocenters. The van der Waals surface area contributed by atoms with Crippen molar-refractivity contribution in [1.82, 2.24) is 4.98 Å². The Kier molecular flexibility index (Phi) is 3.74. The highest BCUT2D eigenvalue weighted by Crippen LogP contribution is 2.31. The molecule has 0 radical (unpaired) electrons. The van der Waals surface area contributed by atoms with Gasteiger partial charge in [-0.05, 0) is 41.5 Å². The first kappa shape index (κ1) is 13.6. The van der Waals surface area contributed by atoms with Crippen LogP contribution in [0.3, 0.4) is 0 Å². The summed E-state index contributed by atoms with van der Waals surface area (Å²) < 4.78 is 0.795. The molecule has 1 heterocycles. The van der Waals surface area contributed by atoms with Gasteiger partial charge in [-0.2, -0.15) is 0 Å². The number of aliphatic hydroxyl groups excluding tert-OH is 1. The van der Waals surface area contributed by atoms with Gasteiger partial charge in [0.1, 0.15) is 6.10 Å². The maximum atomic E-state index is 10.5. The number of nitrogens with zero attached hydrogens (tertiary/aromatic N) is 1. The molecule has 1 N–H and O–H groups in total. The number of halogens is 2. The highest BCUT2D eigenvalue weighted by atomic mass is 79.9. The Balaban J connectivity index is 2.05. The zero-order valence-electron chi connectivity index (χ0n) is 10.4. The molecule has 3 aromatic rings. The number of benzene rings is 2. The molecule has 0 aliphatic heterocycles. The van der Waals surface area contributed by atoms with E-state index in [1.807, 2.05) is 36.4 Å². The van der Waals surface area contributed by atoms with E-state index < -0.39 is 6.10 Å². The van der Waals surface area contributed by atoms with Gasteiger partial charge in [0, 0.05) is 21.1 Å². The van der Waals surface area contributed by atoms with Crippen molar-refractivity contribution in [3.05, 3.63) is 75.4 Å². The molecule has 0 aliphatic rings. The van der Waals surface area contributed by atoms with Crippen LogP contribution in [0.4, 0.5) is 0 Å². The first-order chi connectivity index (χ1) is 9.65. The number of aromatic nitrogens is 1. The number of fused-ring (bicyclic) bond motifs is 1. The summed E-state index contributed by atoms with van der Waals surface area (Å²) in [6.07, 6.45) is 1.06. The van der Waals surface area contributed by atoms with Gasteiger partial charge in [-0.15, -0.1) is 0 Å². The fraction of sp³-hybridized carbons (Fsp3) is 0.0625. The lowest BCUT2D eigenvalue weighted by Crippen LogP contribution is -2.00. The topological polar surface area (TPSA) is 33.1 Å². The normalized spacial score (nSPS) is 12.6. The van der Waals surface area contributed by atoms with E-state index in [1.165, 1.54) is 0 Å². The maximum absolute atomic E-state index is 10.5. The molecule has 100 valence electrons. The number of aliphatic hydroxyl groups is 1. The smallest absolute Gasteiger partial charge is 0.105 e. The highest BCUT2D eigenvalue weighted by molar-refractivity contribution is 9.10. The fourth-order valence-corrected chi connectivity index (χ4v) is 3.07. The average molecular weight is 349 g/mol. The second-order valence-corrected chi connectivity index (χ2v) is 5.81. The molecule has 0 saturated carbocycles. The minimum absolute atomic E-state index is 0.635. The molecular weight excluding hydrogens is 338 g/mol. The molecule has 0 fully saturated rings. The van der Waals surface area contributed by atoms with Gasteiger partial charge >= 0.3 is 0 Å². The van der Waals surface area contributed by atoms with Crippen LogP contribution in [0.25, 0.3) is 10.9 Å². The Morgan fingerprint density at radius 3 is 2.75 bits per heavy atom. The van der Waals surface area contributed by atoms with Crippen LogP contribution in [0, 0.1) is 0 Å². The third-order valence-electron chi connectivity index (χ3n) is 3.20. The summed E-state index contributed by atoms with van der Waals surface area (Å²) in [5.41, 5.74) is 2.53. The molecule has 2 aromatic carbocycles. The van der Waals surface area contributed by atoms with Crippen molar-refractivity contribution >= 4 is 38.4 Å². The molecule has 1 atom stereocenters. The number of pyridine rings is 1. The van der Waals surface area contributed by atoms with E-state index in [2.05, 4.69) is 20.9 Å². The molecule has 0 spiro atoms. The van der Waals surface area contributed by atoms with Crippen LogP contribution in [0.1, 0.15) is 17.2 Å². The molecule has 0 saturated heterocycles. The zero-order chi connectivity index (χ0) is 14.1. The van der Waals surface area contributed by atoms with Crippen molar-refractivity contribution in [1.29, 1.82) is 0 Å². The molecule has 0 amide bonds. The van der Waals surface area contributed by atoms with E-state index in [0.29, 0.717) is 5.02 Å². The van der Waals surface area contributed by atoms with Gasteiger partial charge in [-0.25, -0.2) is 0 Å². The van der Waals surface area contributed by atoms with Gasteiger partial charge in [0.05, 0.1) is 5.52 Å². The van der Waals surface area contributed by atoms with Crippen molar-refractivity contribution in [3.8, 4) is 0 Å². The van der Waals surface area contributed by atoms with Crippen LogP contribution in [0.5, 0.6) is 0 Å². The van der Waals surface area contributed by atoms with Gasteiger partial charge in [-0.1, -0.05) is 45.7 Å².